The minimum atomic E-state index is -4.19. The van der Waals surface area contributed by atoms with E-state index in [0.717, 1.165) is 0 Å². The lowest BCUT2D eigenvalue weighted by Gasteiger charge is -2.50. The van der Waals surface area contributed by atoms with E-state index in [2.05, 4.69) is 4.72 Å². The molecule has 4 atom stereocenters. The molecule has 0 saturated heterocycles. The van der Waals surface area contributed by atoms with Crippen LogP contribution in [-0.2, 0) is 26.0 Å². The number of nitrogens with one attached hydrogen (secondary N) is 1. The van der Waals surface area contributed by atoms with E-state index in [1.165, 1.54) is 35.2 Å². The van der Waals surface area contributed by atoms with Crippen molar-refractivity contribution in [1.82, 2.24) is 4.90 Å². The van der Waals surface area contributed by atoms with Crippen molar-refractivity contribution in [3.05, 3.63) is 70.2 Å². The van der Waals surface area contributed by atoms with Gasteiger partial charge in [-0.1, -0.05) is 18.2 Å². The smallest absolute Gasteiger partial charge is 0.262 e. The van der Waals surface area contributed by atoms with Gasteiger partial charge in [-0.2, -0.15) is 0 Å². The Balaban J connectivity index is 1.70. The zero-order chi connectivity index (χ0) is 31.8. The molecule has 0 aliphatic heterocycles. The number of sulfonamides is 1. The van der Waals surface area contributed by atoms with Gasteiger partial charge in [0.05, 0.1) is 22.2 Å². The lowest BCUT2D eigenvalue weighted by atomic mass is 9.58. The second kappa shape index (κ2) is 10.1. The van der Waals surface area contributed by atoms with E-state index in [4.69, 9.17) is 5.73 Å². The maximum absolute atomic E-state index is 14.1. The highest BCUT2D eigenvalue weighted by Crippen LogP contribution is 2.54. The molecule has 0 radical (unpaired) electrons. The van der Waals surface area contributed by atoms with Gasteiger partial charge in [0.1, 0.15) is 17.1 Å². The maximum atomic E-state index is 14.1. The van der Waals surface area contributed by atoms with E-state index in [9.17, 15) is 43.2 Å². The molecule has 3 aliphatic rings. The van der Waals surface area contributed by atoms with Crippen LogP contribution in [0.1, 0.15) is 22.3 Å². The predicted octanol–water partition coefficient (Wildman–Crippen LogP) is 0.987. The predicted molar refractivity (Wildman–Crippen MR) is 155 cm³/mol. The first-order valence-electron chi connectivity index (χ1n) is 13.3. The number of Topliss-reactive ketones (excluding diaryl/α,β-unsaturated/α-hetero) is 2. The highest BCUT2D eigenvalue weighted by Gasteiger charge is 2.63. The van der Waals surface area contributed by atoms with Crippen molar-refractivity contribution in [2.24, 2.45) is 17.6 Å². The van der Waals surface area contributed by atoms with Gasteiger partial charge in [-0.3, -0.25) is 24.0 Å². The van der Waals surface area contributed by atoms with Crippen molar-refractivity contribution < 1.29 is 43.2 Å². The summed E-state index contributed by atoms with van der Waals surface area (Å²) in [5.74, 6) is -7.87. The summed E-state index contributed by atoms with van der Waals surface area (Å²) in [5.41, 5.74) is 1.52. The Bertz CT molecular complexity index is 1750. The van der Waals surface area contributed by atoms with Crippen LogP contribution in [0.15, 0.2) is 64.0 Å². The number of anilines is 2. The summed E-state index contributed by atoms with van der Waals surface area (Å²) in [6, 6.07) is 7.70. The first-order chi connectivity index (χ1) is 20.0. The number of likely N-dealkylation sites (N-methyl/N-ethyl adjacent to an activating group) is 1. The van der Waals surface area contributed by atoms with Crippen LogP contribution < -0.4 is 15.4 Å². The monoisotopic (exact) mass is 612 g/mol. The number of rotatable bonds is 6. The number of benzene rings is 2. The average Bonchev–Trinajstić information content (AvgIpc) is 2.92. The second-order valence-corrected chi connectivity index (χ2v) is 13.1. The third-order valence-electron chi connectivity index (χ3n) is 8.48. The number of carbonyl (C=O) groups excluding carboxylic acids is 3. The summed E-state index contributed by atoms with van der Waals surface area (Å²) in [5, 5.41) is 45.5. The Morgan fingerprint density at radius 3 is 2.26 bits per heavy atom. The Morgan fingerprint density at radius 2 is 1.70 bits per heavy atom. The lowest BCUT2D eigenvalue weighted by Crippen LogP contribution is -2.63. The molecule has 43 heavy (non-hydrogen) atoms. The normalized spacial score (nSPS) is 25.3. The number of nitrogens with zero attached hydrogens (tertiary/aromatic N) is 2. The van der Waals surface area contributed by atoms with E-state index < -0.39 is 73.8 Å². The number of hydrogen-bond acceptors (Lipinski definition) is 11. The van der Waals surface area contributed by atoms with E-state index in [-0.39, 0.29) is 34.6 Å². The highest BCUT2D eigenvalue weighted by atomic mass is 32.2. The third kappa shape index (κ3) is 4.36. The molecule has 5 rings (SSSR count). The molecule has 7 N–H and O–H groups in total. The molecule has 2 aromatic carbocycles. The zero-order valence-corrected chi connectivity index (χ0v) is 24.6. The fraction of sp³-hybridized carbons (Fsp3) is 0.345. The molecule has 1 amide bonds. The zero-order valence-electron chi connectivity index (χ0n) is 23.8. The van der Waals surface area contributed by atoms with Crippen LogP contribution in [0.3, 0.4) is 0 Å². The summed E-state index contributed by atoms with van der Waals surface area (Å²) in [6.07, 6.45) is -0.0108. The maximum Gasteiger partial charge on any atom is 0.262 e. The summed E-state index contributed by atoms with van der Waals surface area (Å²) in [4.78, 5) is 42.8. The minimum absolute atomic E-state index is 0.0569. The fourth-order valence-electron chi connectivity index (χ4n) is 6.58. The number of ketones is 2. The number of aliphatic hydroxyl groups excluding tert-OH is 2. The van der Waals surface area contributed by atoms with Gasteiger partial charge >= 0.3 is 0 Å². The lowest BCUT2D eigenvalue weighted by molar-refractivity contribution is -0.148. The number of allylic oxidation sites excluding steroid dienone is 1. The number of aromatic hydroxyl groups is 1. The number of nitrogens with two attached hydrogens (primary N) is 1. The summed E-state index contributed by atoms with van der Waals surface area (Å²) < 4.78 is 28.5. The van der Waals surface area contributed by atoms with Gasteiger partial charge in [-0.25, -0.2) is 8.42 Å². The van der Waals surface area contributed by atoms with Crippen LogP contribution in [0.2, 0.25) is 0 Å². The summed E-state index contributed by atoms with van der Waals surface area (Å²) in [6.45, 7) is 0. The number of hydrogen-bond donors (Lipinski definition) is 6. The number of amides is 1. The largest absolute Gasteiger partial charge is 0.510 e. The van der Waals surface area contributed by atoms with E-state index >= 15 is 0 Å². The van der Waals surface area contributed by atoms with Gasteiger partial charge in [0.25, 0.3) is 15.9 Å². The molecule has 0 saturated carbocycles. The molecule has 14 heteroatoms. The third-order valence-corrected chi connectivity index (χ3v) is 9.86. The molecule has 0 heterocycles. The van der Waals surface area contributed by atoms with Crippen LogP contribution in [0.25, 0.3) is 0 Å². The molecule has 228 valence electrons. The number of fused-ring (bicyclic) bond motifs is 3. The summed E-state index contributed by atoms with van der Waals surface area (Å²) >= 11 is 0. The van der Waals surface area contributed by atoms with Gasteiger partial charge < -0.3 is 31.1 Å². The molecular formula is C29H32N4O9S. The number of aliphatic hydroxyl groups is 3. The van der Waals surface area contributed by atoms with Crippen LogP contribution in [0.5, 0.6) is 5.75 Å². The van der Waals surface area contributed by atoms with Gasteiger partial charge in [0, 0.05) is 31.3 Å². The quantitative estimate of drug-likeness (QED) is 0.200. The molecule has 0 bridgehead atoms. The second-order valence-electron chi connectivity index (χ2n) is 11.4. The van der Waals surface area contributed by atoms with Crippen molar-refractivity contribution in [2.75, 3.05) is 37.8 Å². The first-order valence-corrected chi connectivity index (χ1v) is 14.8. The molecule has 3 aliphatic carbocycles. The van der Waals surface area contributed by atoms with Gasteiger partial charge in [0.15, 0.2) is 17.1 Å². The molecular weight excluding hydrogens is 580 g/mol. The molecule has 0 fully saturated rings. The minimum Gasteiger partial charge on any atom is -0.510 e. The molecule has 13 nitrogen and oxygen atoms in total. The van der Waals surface area contributed by atoms with E-state index in [1.54, 1.807) is 39.2 Å². The summed E-state index contributed by atoms with van der Waals surface area (Å²) in [7, 11) is 2.26. The van der Waals surface area contributed by atoms with Gasteiger partial charge in [-0.15, -0.1) is 0 Å². The Morgan fingerprint density at radius 1 is 1.07 bits per heavy atom. The van der Waals surface area contributed by atoms with Crippen molar-refractivity contribution in [2.45, 2.75) is 29.4 Å². The Hall–Kier alpha value is -4.40. The number of primary amides is 1. The molecule has 0 aromatic heterocycles. The number of carbonyl (C=O) groups is 3. The average molecular weight is 613 g/mol. The number of phenolic OH excluding ortho intramolecular Hbond substituents is 1. The highest BCUT2D eigenvalue weighted by molar-refractivity contribution is 7.92. The van der Waals surface area contributed by atoms with Crippen molar-refractivity contribution in [3.8, 4) is 5.75 Å². The van der Waals surface area contributed by atoms with Crippen LogP contribution in [-0.4, -0.2) is 91.1 Å². The standard InChI is InChI=1S/C29H32N4O9S/c1-32(2)18-12-17(31-43(41,42)14-8-6-5-7-9-14)23(34)20-15(18)10-13-11-16-22(33(3)4)25(36)21(28(30)39)27(38)29(16,40)26(37)19(13)24(20)35/h5-9,12-13,16,22,31,34,36-37,40H,10-11H2,1-4H3,(H2,30,39)/t13-,16-,22?,29-/m1/s1. The van der Waals surface area contributed by atoms with E-state index in [1.807, 2.05) is 0 Å². The molecule has 0 spiro atoms. The topological polar surface area (TPSA) is 211 Å². The van der Waals surface area contributed by atoms with E-state index in [0.29, 0.717) is 11.3 Å². The molecule has 2 aromatic rings. The Kier molecular flexibility index (Phi) is 7.07. The fourth-order valence-corrected chi connectivity index (χ4v) is 7.66. The van der Waals surface area contributed by atoms with Crippen LogP contribution in [0.4, 0.5) is 11.4 Å². The van der Waals surface area contributed by atoms with Crippen LogP contribution >= 0.6 is 0 Å². The molecule has 1 unspecified atom stereocenters. The SMILES string of the molecule is CN(C)c1cc(NS(=O)(=O)c2ccccc2)c(O)c2c1C[C@@H]1C[C@@H]3C(N(C)C)C(O)=C(C(N)=O)C(=O)[C@]3(O)C(O)=C1C2=O. The van der Waals surface area contributed by atoms with Crippen molar-refractivity contribution in [3.63, 3.8) is 0 Å². The van der Waals surface area contributed by atoms with Crippen LogP contribution in [0, 0.1) is 11.8 Å². The number of phenols is 1. The first kappa shape index (κ1) is 30.1. The van der Waals surface area contributed by atoms with Gasteiger partial charge in [-0.05, 0) is 56.6 Å². The van der Waals surface area contributed by atoms with Crippen molar-refractivity contribution >= 4 is 38.9 Å². The Labute approximate surface area is 247 Å². The van der Waals surface area contributed by atoms with Crippen molar-refractivity contribution in [1.29, 1.82) is 0 Å². The van der Waals surface area contributed by atoms with Gasteiger partial charge in [0.2, 0.25) is 5.78 Å².